The zero-order valence-corrected chi connectivity index (χ0v) is 14.3. The van der Waals surface area contributed by atoms with Crippen LogP contribution in [-0.4, -0.2) is 60.5 Å². The third-order valence-electron chi connectivity index (χ3n) is 4.83. The summed E-state index contributed by atoms with van der Waals surface area (Å²) in [6, 6.07) is 0. The van der Waals surface area contributed by atoms with E-state index in [1.165, 1.54) is 0 Å². The van der Waals surface area contributed by atoms with Crippen LogP contribution in [0.15, 0.2) is 12.4 Å². The molecule has 1 unspecified atom stereocenters. The summed E-state index contributed by atoms with van der Waals surface area (Å²) in [5, 5.41) is 3.70. The molecule has 0 saturated carbocycles. The highest BCUT2D eigenvalue weighted by atomic mass is 35.5. The molecule has 0 aliphatic carbocycles. The predicted molar refractivity (Wildman–Crippen MR) is 90.6 cm³/mol. The quantitative estimate of drug-likeness (QED) is 0.900. The molecule has 2 aliphatic rings. The first-order valence-corrected chi connectivity index (χ1v) is 8.68. The molecule has 2 saturated heterocycles. The molecule has 1 N–H and O–H groups in total. The van der Waals surface area contributed by atoms with E-state index in [1.54, 1.807) is 12.4 Å². The summed E-state index contributed by atoms with van der Waals surface area (Å²) in [5.41, 5.74) is 0. The normalized spacial score (nSPS) is 23.2. The van der Waals surface area contributed by atoms with Crippen molar-refractivity contribution in [2.45, 2.75) is 19.3 Å². The van der Waals surface area contributed by atoms with Crippen molar-refractivity contribution in [3.05, 3.63) is 17.4 Å². The summed E-state index contributed by atoms with van der Waals surface area (Å²) < 4.78 is 0. The lowest BCUT2D eigenvalue weighted by atomic mass is 9.96. The topological polar surface area (TPSA) is 61.4 Å². The Morgan fingerprint density at radius 1 is 1.26 bits per heavy atom. The van der Waals surface area contributed by atoms with Crippen LogP contribution in [0, 0.1) is 11.8 Å². The molecule has 0 radical (unpaired) electrons. The minimum Gasteiger partial charge on any atom is -0.356 e. The zero-order valence-electron chi connectivity index (χ0n) is 13.5. The average molecular weight is 338 g/mol. The summed E-state index contributed by atoms with van der Waals surface area (Å²) in [6.45, 7) is 4.59. The standard InChI is InChI=1S/C16H24ClN5O/c1-21-5-3-13(4-6-21)15(23)18-8-12-2-7-22(11-12)16-19-9-14(17)10-20-16/h9-10,12-13H,2-8,11H2,1H3,(H,18,23). The SMILES string of the molecule is CN1CCC(C(=O)NCC2CCN(c3ncc(Cl)cn3)C2)CC1. The molecule has 0 bridgehead atoms. The summed E-state index contributed by atoms with van der Waals surface area (Å²) in [6.07, 6.45) is 6.24. The van der Waals surface area contributed by atoms with Gasteiger partial charge in [0.1, 0.15) is 0 Å². The first kappa shape index (κ1) is 16.5. The van der Waals surface area contributed by atoms with Crippen molar-refractivity contribution in [3.8, 4) is 0 Å². The number of carbonyl (C=O) groups excluding carboxylic acids is 1. The summed E-state index contributed by atoms with van der Waals surface area (Å²) in [7, 11) is 2.11. The van der Waals surface area contributed by atoms with Crippen LogP contribution in [0.4, 0.5) is 5.95 Å². The maximum absolute atomic E-state index is 12.3. The Kier molecular flexibility index (Phi) is 5.33. The molecule has 2 aliphatic heterocycles. The number of nitrogens with one attached hydrogen (secondary N) is 1. The van der Waals surface area contributed by atoms with Gasteiger partial charge in [-0.1, -0.05) is 11.6 Å². The van der Waals surface area contributed by atoms with Gasteiger partial charge in [-0.2, -0.15) is 0 Å². The second-order valence-electron chi connectivity index (χ2n) is 6.62. The molecule has 1 atom stereocenters. The van der Waals surface area contributed by atoms with E-state index in [-0.39, 0.29) is 11.8 Å². The largest absolute Gasteiger partial charge is 0.356 e. The Labute approximate surface area is 142 Å². The summed E-state index contributed by atoms with van der Waals surface area (Å²) in [4.78, 5) is 25.2. The van der Waals surface area contributed by atoms with Gasteiger partial charge in [0.2, 0.25) is 11.9 Å². The molecule has 2 fully saturated rings. The second kappa shape index (κ2) is 7.45. The number of hydrogen-bond donors (Lipinski definition) is 1. The number of aromatic nitrogens is 2. The second-order valence-corrected chi connectivity index (χ2v) is 7.06. The van der Waals surface area contributed by atoms with Gasteiger partial charge in [0.25, 0.3) is 0 Å². The van der Waals surface area contributed by atoms with Crippen LogP contribution in [0.25, 0.3) is 0 Å². The van der Waals surface area contributed by atoms with Gasteiger partial charge in [0.15, 0.2) is 0 Å². The van der Waals surface area contributed by atoms with E-state index in [2.05, 4.69) is 32.1 Å². The maximum Gasteiger partial charge on any atom is 0.225 e. The Morgan fingerprint density at radius 2 is 1.96 bits per heavy atom. The van der Waals surface area contributed by atoms with Crippen molar-refractivity contribution in [2.75, 3.05) is 44.7 Å². The van der Waals surface area contributed by atoms with E-state index < -0.39 is 0 Å². The van der Waals surface area contributed by atoms with E-state index in [0.29, 0.717) is 10.9 Å². The number of halogens is 1. The highest BCUT2D eigenvalue weighted by molar-refractivity contribution is 6.30. The van der Waals surface area contributed by atoms with Crippen LogP contribution in [0.5, 0.6) is 0 Å². The molecule has 7 heteroatoms. The van der Waals surface area contributed by atoms with Gasteiger partial charge in [-0.25, -0.2) is 9.97 Å². The predicted octanol–water partition coefficient (Wildman–Crippen LogP) is 1.41. The molecule has 0 spiro atoms. The number of amides is 1. The molecule has 0 aromatic carbocycles. The fraction of sp³-hybridized carbons (Fsp3) is 0.688. The number of carbonyl (C=O) groups is 1. The molecule has 1 aromatic heterocycles. The smallest absolute Gasteiger partial charge is 0.225 e. The Morgan fingerprint density at radius 3 is 2.65 bits per heavy atom. The van der Waals surface area contributed by atoms with Crippen molar-refractivity contribution in [3.63, 3.8) is 0 Å². The van der Waals surface area contributed by atoms with Gasteiger partial charge in [0, 0.05) is 25.6 Å². The van der Waals surface area contributed by atoms with E-state index in [1.807, 2.05) is 0 Å². The molecule has 1 amide bonds. The monoisotopic (exact) mass is 337 g/mol. The van der Waals surface area contributed by atoms with E-state index >= 15 is 0 Å². The van der Waals surface area contributed by atoms with Crippen LogP contribution >= 0.6 is 11.6 Å². The van der Waals surface area contributed by atoms with Gasteiger partial charge < -0.3 is 15.1 Å². The highest BCUT2D eigenvalue weighted by Gasteiger charge is 2.27. The first-order valence-electron chi connectivity index (χ1n) is 8.30. The van der Waals surface area contributed by atoms with Crippen LogP contribution in [0.2, 0.25) is 5.02 Å². The third-order valence-corrected chi connectivity index (χ3v) is 5.02. The number of nitrogens with zero attached hydrogens (tertiary/aromatic N) is 4. The van der Waals surface area contributed by atoms with Gasteiger partial charge in [0.05, 0.1) is 17.4 Å². The Hall–Kier alpha value is -1.40. The average Bonchev–Trinajstić information content (AvgIpc) is 3.03. The first-order chi connectivity index (χ1) is 11.1. The molecule has 3 heterocycles. The maximum atomic E-state index is 12.3. The lowest BCUT2D eigenvalue weighted by molar-refractivity contribution is -0.126. The molecular formula is C16H24ClN5O. The van der Waals surface area contributed by atoms with Gasteiger partial charge in [-0.15, -0.1) is 0 Å². The van der Waals surface area contributed by atoms with Crippen molar-refractivity contribution < 1.29 is 4.79 Å². The highest BCUT2D eigenvalue weighted by Crippen LogP contribution is 2.21. The Balaban J connectivity index is 1.43. The zero-order chi connectivity index (χ0) is 16.2. The van der Waals surface area contributed by atoms with E-state index in [9.17, 15) is 4.79 Å². The van der Waals surface area contributed by atoms with Crippen molar-refractivity contribution in [2.24, 2.45) is 11.8 Å². The van der Waals surface area contributed by atoms with Gasteiger partial charge >= 0.3 is 0 Å². The van der Waals surface area contributed by atoms with Gasteiger partial charge in [-0.3, -0.25) is 4.79 Å². The number of likely N-dealkylation sites (tertiary alicyclic amines) is 1. The fourth-order valence-electron chi connectivity index (χ4n) is 3.31. The van der Waals surface area contributed by atoms with Crippen LogP contribution in [-0.2, 0) is 4.79 Å². The minimum absolute atomic E-state index is 0.184. The van der Waals surface area contributed by atoms with Gasteiger partial charge in [-0.05, 0) is 45.3 Å². The molecule has 3 rings (SSSR count). The van der Waals surface area contributed by atoms with Crippen molar-refractivity contribution in [1.82, 2.24) is 20.2 Å². The molecule has 6 nitrogen and oxygen atoms in total. The number of rotatable bonds is 4. The number of anilines is 1. The minimum atomic E-state index is 0.184. The molecular weight excluding hydrogens is 314 g/mol. The van der Waals surface area contributed by atoms with Crippen LogP contribution in [0.1, 0.15) is 19.3 Å². The number of hydrogen-bond acceptors (Lipinski definition) is 5. The summed E-state index contributed by atoms with van der Waals surface area (Å²) in [5.74, 6) is 1.59. The van der Waals surface area contributed by atoms with Crippen LogP contribution < -0.4 is 10.2 Å². The third kappa shape index (κ3) is 4.32. The van der Waals surface area contributed by atoms with Crippen LogP contribution in [0.3, 0.4) is 0 Å². The van der Waals surface area contributed by atoms with E-state index in [4.69, 9.17) is 11.6 Å². The fourth-order valence-corrected chi connectivity index (χ4v) is 3.41. The Bertz CT molecular complexity index is 530. The molecule has 1 aromatic rings. The van der Waals surface area contributed by atoms with E-state index in [0.717, 1.165) is 57.9 Å². The molecule has 126 valence electrons. The lowest BCUT2D eigenvalue weighted by Gasteiger charge is -2.28. The molecule has 23 heavy (non-hydrogen) atoms. The van der Waals surface area contributed by atoms with Crippen molar-refractivity contribution in [1.29, 1.82) is 0 Å². The van der Waals surface area contributed by atoms with Crippen molar-refractivity contribution >= 4 is 23.5 Å². The summed E-state index contributed by atoms with van der Waals surface area (Å²) >= 11 is 5.82. The number of piperidine rings is 1. The lowest BCUT2D eigenvalue weighted by Crippen LogP contribution is -2.40.